The molecule has 0 saturated heterocycles. The van der Waals surface area contributed by atoms with Crippen LogP contribution in [0.3, 0.4) is 0 Å². The van der Waals surface area contributed by atoms with Gasteiger partial charge >= 0.3 is 0 Å². The normalized spacial score (nSPS) is 12.6. The molecule has 0 aliphatic carbocycles. The third-order valence-electron chi connectivity index (χ3n) is 3.51. The van der Waals surface area contributed by atoms with E-state index < -0.39 is 0 Å². The molecular formula is C15H21N3O2. The Bertz CT molecular complexity index is 606. The van der Waals surface area contributed by atoms with E-state index in [9.17, 15) is 4.79 Å². The van der Waals surface area contributed by atoms with Crippen LogP contribution in [0.4, 0.5) is 0 Å². The van der Waals surface area contributed by atoms with Crippen molar-refractivity contribution in [1.82, 2.24) is 14.3 Å². The lowest BCUT2D eigenvalue weighted by Gasteiger charge is -2.20. The summed E-state index contributed by atoms with van der Waals surface area (Å²) < 4.78 is 7.16. The number of hydrogen-bond donors (Lipinski definition) is 0. The molecule has 5 nitrogen and oxygen atoms in total. The Morgan fingerprint density at radius 3 is 2.95 bits per heavy atom. The SMILES string of the molecule is COC(C)CN(C)C(=O)Cc1c(C)nc2ccccn12. The zero-order valence-corrected chi connectivity index (χ0v) is 12.5. The second kappa shape index (κ2) is 6.05. The molecule has 0 aliphatic rings. The van der Waals surface area contributed by atoms with E-state index in [-0.39, 0.29) is 12.0 Å². The van der Waals surface area contributed by atoms with Crippen LogP contribution in [0.15, 0.2) is 24.4 Å². The third-order valence-corrected chi connectivity index (χ3v) is 3.51. The summed E-state index contributed by atoms with van der Waals surface area (Å²) in [5.41, 5.74) is 2.72. The molecule has 2 heterocycles. The number of rotatable bonds is 5. The molecule has 0 saturated carbocycles. The smallest absolute Gasteiger partial charge is 0.228 e. The van der Waals surface area contributed by atoms with Crippen LogP contribution < -0.4 is 0 Å². The van der Waals surface area contributed by atoms with Gasteiger partial charge in [0.15, 0.2) is 0 Å². The average Bonchev–Trinajstić information content (AvgIpc) is 2.75. The molecule has 0 bridgehead atoms. The van der Waals surface area contributed by atoms with Gasteiger partial charge in [0, 0.05) is 26.9 Å². The summed E-state index contributed by atoms with van der Waals surface area (Å²) >= 11 is 0. The molecule has 20 heavy (non-hydrogen) atoms. The lowest BCUT2D eigenvalue weighted by Crippen LogP contribution is -2.35. The average molecular weight is 275 g/mol. The summed E-state index contributed by atoms with van der Waals surface area (Å²) in [6.45, 7) is 4.47. The molecule has 1 amide bonds. The quantitative estimate of drug-likeness (QED) is 0.834. The molecule has 0 radical (unpaired) electrons. The fourth-order valence-corrected chi connectivity index (χ4v) is 2.22. The van der Waals surface area contributed by atoms with E-state index in [0.717, 1.165) is 17.0 Å². The number of amides is 1. The molecule has 0 fully saturated rings. The maximum absolute atomic E-state index is 12.3. The maximum Gasteiger partial charge on any atom is 0.228 e. The van der Waals surface area contributed by atoms with Gasteiger partial charge in [-0.1, -0.05) is 6.07 Å². The number of fused-ring (bicyclic) bond motifs is 1. The Morgan fingerprint density at radius 1 is 1.50 bits per heavy atom. The summed E-state index contributed by atoms with van der Waals surface area (Å²) in [7, 11) is 3.45. The summed E-state index contributed by atoms with van der Waals surface area (Å²) in [6, 6.07) is 5.83. The van der Waals surface area contributed by atoms with Gasteiger partial charge in [-0.25, -0.2) is 4.98 Å². The summed E-state index contributed by atoms with van der Waals surface area (Å²) in [6.07, 6.45) is 2.33. The summed E-state index contributed by atoms with van der Waals surface area (Å²) in [4.78, 5) is 18.5. The Hall–Kier alpha value is -1.88. The van der Waals surface area contributed by atoms with Gasteiger partial charge in [-0.05, 0) is 26.0 Å². The predicted octanol–water partition coefficient (Wildman–Crippen LogP) is 1.68. The number of aromatic nitrogens is 2. The number of pyridine rings is 1. The largest absolute Gasteiger partial charge is 0.380 e. The number of carbonyl (C=O) groups is 1. The van der Waals surface area contributed by atoms with Gasteiger partial charge in [-0.2, -0.15) is 0 Å². The molecule has 1 unspecified atom stereocenters. The number of methoxy groups -OCH3 is 1. The zero-order valence-electron chi connectivity index (χ0n) is 12.5. The zero-order chi connectivity index (χ0) is 14.7. The number of ether oxygens (including phenoxy) is 1. The monoisotopic (exact) mass is 275 g/mol. The highest BCUT2D eigenvalue weighted by molar-refractivity contribution is 5.78. The van der Waals surface area contributed by atoms with Crippen molar-refractivity contribution >= 4 is 11.6 Å². The van der Waals surface area contributed by atoms with Gasteiger partial charge in [-0.3, -0.25) is 4.79 Å². The molecule has 5 heteroatoms. The van der Waals surface area contributed by atoms with Gasteiger partial charge in [0.25, 0.3) is 0 Å². The molecule has 0 aromatic carbocycles. The van der Waals surface area contributed by atoms with E-state index in [2.05, 4.69) is 4.98 Å². The molecule has 1 atom stereocenters. The highest BCUT2D eigenvalue weighted by Gasteiger charge is 2.17. The second-order valence-electron chi connectivity index (χ2n) is 5.07. The van der Waals surface area contributed by atoms with Crippen LogP contribution >= 0.6 is 0 Å². The van der Waals surface area contributed by atoms with Gasteiger partial charge in [0.05, 0.1) is 23.9 Å². The van der Waals surface area contributed by atoms with Crippen molar-refractivity contribution in [2.45, 2.75) is 26.4 Å². The van der Waals surface area contributed by atoms with Gasteiger partial charge in [0.2, 0.25) is 5.91 Å². The van der Waals surface area contributed by atoms with Gasteiger partial charge in [-0.15, -0.1) is 0 Å². The van der Waals surface area contributed by atoms with Crippen LogP contribution in [0.2, 0.25) is 0 Å². The lowest BCUT2D eigenvalue weighted by atomic mass is 10.2. The second-order valence-corrected chi connectivity index (χ2v) is 5.07. The Labute approximate surface area is 119 Å². The third kappa shape index (κ3) is 2.99. The van der Waals surface area contributed by atoms with Crippen molar-refractivity contribution in [2.24, 2.45) is 0 Å². The first kappa shape index (κ1) is 14.5. The van der Waals surface area contributed by atoms with Crippen LogP contribution in [0, 0.1) is 6.92 Å². The van der Waals surface area contributed by atoms with Crippen LogP contribution in [0.1, 0.15) is 18.3 Å². The number of carbonyl (C=O) groups excluding carboxylic acids is 1. The van der Waals surface area contributed by atoms with E-state index in [4.69, 9.17) is 4.74 Å². The minimum atomic E-state index is 0.0345. The van der Waals surface area contributed by atoms with Crippen molar-refractivity contribution in [3.8, 4) is 0 Å². The molecule has 2 aromatic heterocycles. The molecular weight excluding hydrogens is 254 g/mol. The number of nitrogens with zero attached hydrogens (tertiary/aromatic N) is 3. The van der Waals surface area contributed by atoms with Crippen LogP contribution in [-0.4, -0.2) is 47.0 Å². The van der Waals surface area contributed by atoms with Gasteiger partial charge < -0.3 is 14.0 Å². The van der Waals surface area contributed by atoms with E-state index in [0.29, 0.717) is 13.0 Å². The number of aryl methyl sites for hydroxylation is 1. The molecule has 2 rings (SSSR count). The fraction of sp³-hybridized carbons (Fsp3) is 0.467. The van der Waals surface area contributed by atoms with Crippen molar-refractivity contribution < 1.29 is 9.53 Å². The number of likely N-dealkylation sites (N-methyl/N-ethyl adjacent to an activating group) is 1. The first-order valence-electron chi connectivity index (χ1n) is 6.72. The Kier molecular flexibility index (Phi) is 4.39. The van der Waals surface area contributed by atoms with E-state index >= 15 is 0 Å². The van der Waals surface area contributed by atoms with Crippen molar-refractivity contribution in [2.75, 3.05) is 20.7 Å². The molecule has 108 valence electrons. The van der Waals surface area contributed by atoms with Crippen LogP contribution in [-0.2, 0) is 16.0 Å². The Balaban J connectivity index is 2.15. The van der Waals surface area contributed by atoms with Crippen molar-refractivity contribution in [3.63, 3.8) is 0 Å². The topological polar surface area (TPSA) is 46.8 Å². The molecule has 0 spiro atoms. The molecule has 0 aliphatic heterocycles. The number of imidazole rings is 1. The molecule has 0 N–H and O–H groups in total. The first-order valence-corrected chi connectivity index (χ1v) is 6.72. The molecule has 2 aromatic rings. The first-order chi connectivity index (χ1) is 9.52. The van der Waals surface area contributed by atoms with Crippen molar-refractivity contribution in [3.05, 3.63) is 35.8 Å². The maximum atomic E-state index is 12.3. The standard InChI is InChI=1S/C15H21N3O2/c1-11(20-4)10-17(3)15(19)9-13-12(2)16-14-7-5-6-8-18(13)14/h5-8,11H,9-10H2,1-4H3. The van der Waals surface area contributed by atoms with Crippen LogP contribution in [0.5, 0.6) is 0 Å². The van der Waals surface area contributed by atoms with E-state index in [1.807, 2.05) is 42.6 Å². The predicted molar refractivity (Wildman–Crippen MR) is 77.7 cm³/mol. The number of hydrogen-bond acceptors (Lipinski definition) is 3. The van der Waals surface area contributed by atoms with Gasteiger partial charge in [0.1, 0.15) is 5.65 Å². The van der Waals surface area contributed by atoms with Crippen LogP contribution in [0.25, 0.3) is 5.65 Å². The highest BCUT2D eigenvalue weighted by Crippen LogP contribution is 2.13. The van der Waals surface area contributed by atoms with Crippen molar-refractivity contribution in [1.29, 1.82) is 0 Å². The summed E-state index contributed by atoms with van der Waals surface area (Å²) in [5, 5.41) is 0. The highest BCUT2D eigenvalue weighted by atomic mass is 16.5. The minimum Gasteiger partial charge on any atom is -0.380 e. The Morgan fingerprint density at radius 2 is 2.25 bits per heavy atom. The fourth-order valence-electron chi connectivity index (χ4n) is 2.22. The minimum absolute atomic E-state index is 0.0345. The van der Waals surface area contributed by atoms with E-state index in [1.54, 1.807) is 19.1 Å². The summed E-state index contributed by atoms with van der Waals surface area (Å²) in [5.74, 6) is 0.0719. The lowest BCUT2D eigenvalue weighted by molar-refractivity contribution is -0.130. The van der Waals surface area contributed by atoms with E-state index in [1.165, 1.54) is 0 Å².